The Morgan fingerprint density at radius 2 is 1.83 bits per heavy atom. The first-order chi connectivity index (χ1) is 8.56. The molecule has 2 N–H and O–H groups in total. The number of benzene rings is 2. The van der Waals surface area contributed by atoms with Crippen molar-refractivity contribution in [1.82, 2.24) is 0 Å². The molecule has 0 aromatic heterocycles. The molecule has 2 aromatic carbocycles. The first kappa shape index (κ1) is 13.2. The second-order valence-electron chi connectivity index (χ2n) is 3.62. The zero-order valence-electron chi connectivity index (χ0n) is 9.15. The molecule has 92 valence electrons. The van der Waals surface area contributed by atoms with Crippen LogP contribution >= 0.6 is 34.2 Å². The van der Waals surface area contributed by atoms with Crippen molar-refractivity contribution < 1.29 is 9.90 Å². The van der Waals surface area contributed by atoms with E-state index in [1.165, 1.54) is 12.1 Å². The molecule has 0 radical (unpaired) electrons. The number of nitrogens with one attached hydrogen (secondary N) is 1. The van der Waals surface area contributed by atoms with Crippen molar-refractivity contribution in [2.45, 2.75) is 0 Å². The summed E-state index contributed by atoms with van der Waals surface area (Å²) in [4.78, 5) is 11.9. The number of anilines is 1. The van der Waals surface area contributed by atoms with E-state index < -0.39 is 0 Å². The monoisotopic (exact) mass is 373 g/mol. The third-order valence-corrected chi connectivity index (χ3v) is 3.26. The fourth-order valence-corrected chi connectivity index (χ4v) is 1.95. The fraction of sp³-hybridized carbons (Fsp3) is 0. The van der Waals surface area contributed by atoms with Crippen LogP contribution in [0.4, 0.5) is 5.69 Å². The molecule has 18 heavy (non-hydrogen) atoms. The van der Waals surface area contributed by atoms with Crippen LogP contribution in [0, 0.1) is 3.57 Å². The van der Waals surface area contributed by atoms with Crippen LogP contribution in [-0.4, -0.2) is 11.0 Å². The number of hydrogen-bond donors (Lipinski definition) is 2. The quantitative estimate of drug-likeness (QED) is 0.784. The van der Waals surface area contributed by atoms with Gasteiger partial charge in [0, 0.05) is 14.3 Å². The number of phenols is 1. The van der Waals surface area contributed by atoms with E-state index >= 15 is 0 Å². The molecule has 0 unspecified atom stereocenters. The van der Waals surface area contributed by atoms with Gasteiger partial charge in [-0.1, -0.05) is 11.6 Å². The maximum absolute atomic E-state index is 11.9. The van der Waals surface area contributed by atoms with Gasteiger partial charge in [0.2, 0.25) is 0 Å². The number of amides is 1. The van der Waals surface area contributed by atoms with Crippen LogP contribution in [0.5, 0.6) is 5.75 Å². The Bertz CT molecular complexity index is 584. The Kier molecular flexibility index (Phi) is 4.08. The van der Waals surface area contributed by atoms with Gasteiger partial charge in [-0.2, -0.15) is 0 Å². The minimum absolute atomic E-state index is 0.134. The minimum Gasteiger partial charge on any atom is -0.507 e. The molecule has 0 saturated carbocycles. The lowest BCUT2D eigenvalue weighted by Gasteiger charge is -2.07. The summed E-state index contributed by atoms with van der Waals surface area (Å²) in [6.45, 7) is 0. The topological polar surface area (TPSA) is 49.3 Å². The second kappa shape index (κ2) is 5.58. The number of carbonyl (C=O) groups excluding carboxylic acids is 1. The van der Waals surface area contributed by atoms with Crippen LogP contribution in [-0.2, 0) is 0 Å². The molecule has 5 heteroatoms. The van der Waals surface area contributed by atoms with E-state index in [-0.39, 0.29) is 17.2 Å². The van der Waals surface area contributed by atoms with Gasteiger partial charge in [0.1, 0.15) is 5.75 Å². The van der Waals surface area contributed by atoms with Crippen LogP contribution in [0.15, 0.2) is 42.5 Å². The maximum Gasteiger partial charge on any atom is 0.259 e. The molecular weight excluding hydrogens is 365 g/mol. The van der Waals surface area contributed by atoms with E-state index in [2.05, 4.69) is 27.9 Å². The molecule has 0 aliphatic rings. The molecule has 0 aliphatic carbocycles. The Labute approximate surface area is 123 Å². The van der Waals surface area contributed by atoms with E-state index in [1.807, 2.05) is 12.1 Å². The normalized spacial score (nSPS) is 10.1. The van der Waals surface area contributed by atoms with Crippen molar-refractivity contribution >= 4 is 45.8 Å². The van der Waals surface area contributed by atoms with E-state index in [4.69, 9.17) is 11.6 Å². The summed E-state index contributed by atoms with van der Waals surface area (Å²) in [6.07, 6.45) is 0. The average molecular weight is 374 g/mol. The van der Waals surface area contributed by atoms with Crippen LogP contribution in [0.1, 0.15) is 10.4 Å². The molecule has 2 rings (SSSR count). The van der Waals surface area contributed by atoms with Crippen LogP contribution in [0.2, 0.25) is 5.02 Å². The Morgan fingerprint density at radius 3 is 2.44 bits per heavy atom. The van der Waals surface area contributed by atoms with Gasteiger partial charge in [0.25, 0.3) is 5.91 Å². The van der Waals surface area contributed by atoms with E-state index in [0.717, 1.165) is 3.57 Å². The smallest absolute Gasteiger partial charge is 0.259 e. The highest BCUT2D eigenvalue weighted by atomic mass is 127. The van der Waals surface area contributed by atoms with Crippen molar-refractivity contribution in [3.05, 3.63) is 56.6 Å². The zero-order chi connectivity index (χ0) is 13.1. The molecule has 0 aliphatic heterocycles. The van der Waals surface area contributed by atoms with Crippen molar-refractivity contribution in [3.8, 4) is 5.75 Å². The number of aromatic hydroxyl groups is 1. The van der Waals surface area contributed by atoms with Crippen molar-refractivity contribution in [2.75, 3.05) is 5.32 Å². The molecular formula is C13H9ClINO2. The summed E-state index contributed by atoms with van der Waals surface area (Å²) >= 11 is 7.89. The molecule has 0 spiro atoms. The van der Waals surface area contributed by atoms with Gasteiger partial charge in [-0.3, -0.25) is 4.79 Å². The van der Waals surface area contributed by atoms with Gasteiger partial charge in [-0.05, 0) is 65.1 Å². The van der Waals surface area contributed by atoms with E-state index in [1.54, 1.807) is 18.2 Å². The fourth-order valence-electron chi connectivity index (χ4n) is 1.43. The summed E-state index contributed by atoms with van der Waals surface area (Å²) in [6, 6.07) is 11.8. The first-order valence-corrected chi connectivity index (χ1v) is 6.57. The highest BCUT2D eigenvalue weighted by Crippen LogP contribution is 2.23. The first-order valence-electron chi connectivity index (χ1n) is 5.12. The van der Waals surface area contributed by atoms with Crippen molar-refractivity contribution in [3.63, 3.8) is 0 Å². The highest BCUT2D eigenvalue weighted by molar-refractivity contribution is 14.1. The summed E-state index contributed by atoms with van der Waals surface area (Å²) in [7, 11) is 0. The molecule has 0 atom stereocenters. The summed E-state index contributed by atoms with van der Waals surface area (Å²) in [5.74, 6) is -0.504. The number of halogens is 2. The molecule has 3 nitrogen and oxygen atoms in total. The maximum atomic E-state index is 11.9. The van der Waals surface area contributed by atoms with Gasteiger partial charge >= 0.3 is 0 Å². The van der Waals surface area contributed by atoms with Crippen molar-refractivity contribution in [1.29, 1.82) is 0 Å². The molecule has 0 fully saturated rings. The van der Waals surface area contributed by atoms with Gasteiger partial charge in [0.05, 0.1) is 5.56 Å². The third kappa shape index (κ3) is 3.14. The summed E-state index contributed by atoms with van der Waals surface area (Å²) < 4.78 is 1.08. The number of phenolic OH excluding ortho intramolecular Hbond substituents is 1. The van der Waals surface area contributed by atoms with Crippen LogP contribution < -0.4 is 5.32 Å². The van der Waals surface area contributed by atoms with Gasteiger partial charge in [0.15, 0.2) is 0 Å². The SMILES string of the molecule is O=C(Nc1ccc(I)cc1)c1ccc(Cl)cc1O. The molecule has 2 aromatic rings. The molecule has 1 amide bonds. The Hall–Kier alpha value is -1.27. The zero-order valence-corrected chi connectivity index (χ0v) is 12.1. The molecule has 0 saturated heterocycles. The standard InChI is InChI=1S/C13H9ClINO2/c14-8-1-6-11(12(17)7-8)13(18)16-10-4-2-9(15)3-5-10/h1-7,17H,(H,16,18). The van der Waals surface area contributed by atoms with E-state index in [0.29, 0.717) is 10.7 Å². The highest BCUT2D eigenvalue weighted by Gasteiger charge is 2.11. The summed E-state index contributed by atoms with van der Waals surface area (Å²) in [5, 5.41) is 12.7. The average Bonchev–Trinajstić information content (AvgIpc) is 2.32. The Balaban J connectivity index is 2.19. The number of hydrogen-bond acceptors (Lipinski definition) is 2. The Morgan fingerprint density at radius 1 is 1.17 bits per heavy atom. The third-order valence-electron chi connectivity index (χ3n) is 2.31. The number of carbonyl (C=O) groups is 1. The molecule has 0 heterocycles. The van der Waals surface area contributed by atoms with Crippen LogP contribution in [0.3, 0.4) is 0 Å². The van der Waals surface area contributed by atoms with Gasteiger partial charge < -0.3 is 10.4 Å². The van der Waals surface area contributed by atoms with Gasteiger partial charge in [-0.15, -0.1) is 0 Å². The van der Waals surface area contributed by atoms with Crippen molar-refractivity contribution in [2.24, 2.45) is 0 Å². The largest absolute Gasteiger partial charge is 0.507 e. The summed E-state index contributed by atoms with van der Waals surface area (Å²) in [5.41, 5.74) is 0.868. The predicted molar refractivity (Wildman–Crippen MR) is 80.2 cm³/mol. The lowest BCUT2D eigenvalue weighted by molar-refractivity contribution is 0.102. The molecule has 0 bridgehead atoms. The van der Waals surface area contributed by atoms with E-state index in [9.17, 15) is 9.90 Å². The second-order valence-corrected chi connectivity index (χ2v) is 5.30. The lowest BCUT2D eigenvalue weighted by atomic mass is 10.2. The van der Waals surface area contributed by atoms with Crippen LogP contribution in [0.25, 0.3) is 0 Å². The van der Waals surface area contributed by atoms with Gasteiger partial charge in [-0.25, -0.2) is 0 Å². The predicted octanol–water partition coefficient (Wildman–Crippen LogP) is 3.90. The minimum atomic E-state index is -0.370. The number of rotatable bonds is 2. The lowest BCUT2D eigenvalue weighted by Crippen LogP contribution is -2.11.